The van der Waals surface area contributed by atoms with Crippen molar-refractivity contribution in [3.8, 4) is 5.88 Å². The fourth-order valence-corrected chi connectivity index (χ4v) is 1.91. The molecule has 1 aromatic heterocycles. The molecule has 1 rings (SSSR count). The molecule has 1 aromatic rings. The van der Waals surface area contributed by atoms with Crippen molar-refractivity contribution in [2.24, 2.45) is 0 Å². The number of nitrogens with zero attached hydrogens (tertiary/aromatic N) is 2. The molecule has 114 valence electrons. The summed E-state index contributed by atoms with van der Waals surface area (Å²) in [7, 11) is 1.88. The molecule has 4 heteroatoms. The highest BCUT2D eigenvalue weighted by molar-refractivity contribution is 5.48. The van der Waals surface area contributed by atoms with E-state index in [0.29, 0.717) is 5.88 Å². The Morgan fingerprint density at radius 3 is 2.35 bits per heavy atom. The molecule has 0 atom stereocenters. The van der Waals surface area contributed by atoms with Crippen LogP contribution in [0.3, 0.4) is 0 Å². The monoisotopic (exact) mass is 279 g/mol. The molecule has 0 aromatic carbocycles. The fraction of sp³-hybridized carbons (Fsp3) is 0.750. The summed E-state index contributed by atoms with van der Waals surface area (Å²) in [5.74, 6) is 2.38. The van der Waals surface area contributed by atoms with Gasteiger partial charge in [0.1, 0.15) is 11.6 Å². The van der Waals surface area contributed by atoms with E-state index in [1.165, 1.54) is 19.3 Å². The normalized spacial score (nSPS) is 11.5. The predicted octanol–water partition coefficient (Wildman–Crippen LogP) is 4.08. The van der Waals surface area contributed by atoms with Crippen molar-refractivity contribution in [2.75, 3.05) is 19.0 Å². The summed E-state index contributed by atoms with van der Waals surface area (Å²) in [4.78, 5) is 9.17. The lowest BCUT2D eigenvalue weighted by molar-refractivity contribution is 0.288. The highest BCUT2D eigenvalue weighted by Gasteiger charge is 2.21. The van der Waals surface area contributed by atoms with E-state index in [2.05, 4.69) is 43.0 Å². The molecule has 4 nitrogen and oxygen atoms in total. The number of aromatic nitrogens is 2. The third-order valence-corrected chi connectivity index (χ3v) is 3.25. The lowest BCUT2D eigenvalue weighted by Gasteiger charge is -2.20. The number of rotatable bonds is 7. The van der Waals surface area contributed by atoms with Gasteiger partial charge < -0.3 is 10.1 Å². The van der Waals surface area contributed by atoms with Crippen LogP contribution in [0.15, 0.2) is 0 Å². The van der Waals surface area contributed by atoms with Crippen LogP contribution < -0.4 is 10.1 Å². The first-order valence-corrected chi connectivity index (χ1v) is 7.59. The van der Waals surface area contributed by atoms with Crippen LogP contribution in [-0.4, -0.2) is 23.6 Å². The minimum absolute atomic E-state index is 0.0837. The van der Waals surface area contributed by atoms with E-state index in [0.717, 1.165) is 30.2 Å². The molecule has 1 heterocycles. The third-order valence-electron chi connectivity index (χ3n) is 3.25. The van der Waals surface area contributed by atoms with Crippen LogP contribution in [0.2, 0.25) is 0 Å². The molecule has 0 aliphatic heterocycles. The minimum Gasteiger partial charge on any atom is -0.477 e. The summed E-state index contributed by atoms with van der Waals surface area (Å²) in [6.07, 6.45) is 4.80. The molecule has 0 spiro atoms. The van der Waals surface area contributed by atoms with Gasteiger partial charge in [-0.2, -0.15) is 4.98 Å². The van der Waals surface area contributed by atoms with Gasteiger partial charge in [0.25, 0.3) is 0 Å². The molecule has 0 radical (unpaired) electrons. The topological polar surface area (TPSA) is 47.0 Å². The highest BCUT2D eigenvalue weighted by atomic mass is 16.5. The molecule has 0 bridgehead atoms. The molecular formula is C16H29N3O. The van der Waals surface area contributed by atoms with Crippen LogP contribution in [-0.2, 0) is 5.41 Å². The number of nitrogens with one attached hydrogen (secondary N) is 1. The van der Waals surface area contributed by atoms with E-state index in [1.807, 2.05) is 14.0 Å². The Labute approximate surface area is 123 Å². The van der Waals surface area contributed by atoms with Crippen molar-refractivity contribution < 1.29 is 4.74 Å². The molecule has 0 fully saturated rings. The van der Waals surface area contributed by atoms with Gasteiger partial charge in [-0.15, -0.1) is 0 Å². The average Bonchev–Trinajstić information content (AvgIpc) is 2.39. The zero-order valence-electron chi connectivity index (χ0n) is 13.8. The quantitative estimate of drug-likeness (QED) is 0.764. The molecule has 0 saturated carbocycles. The van der Waals surface area contributed by atoms with E-state index in [-0.39, 0.29) is 5.41 Å². The number of hydrogen-bond donors (Lipinski definition) is 1. The molecule has 0 saturated heterocycles. The van der Waals surface area contributed by atoms with Crippen molar-refractivity contribution in [2.45, 2.75) is 65.7 Å². The van der Waals surface area contributed by atoms with Gasteiger partial charge >= 0.3 is 0 Å². The summed E-state index contributed by atoms with van der Waals surface area (Å²) >= 11 is 0. The van der Waals surface area contributed by atoms with E-state index >= 15 is 0 Å². The first-order valence-electron chi connectivity index (χ1n) is 7.59. The van der Waals surface area contributed by atoms with E-state index in [9.17, 15) is 0 Å². The second kappa shape index (κ2) is 7.46. The van der Waals surface area contributed by atoms with Gasteiger partial charge in [0.15, 0.2) is 0 Å². The zero-order chi connectivity index (χ0) is 15.2. The Balaban J connectivity index is 2.83. The van der Waals surface area contributed by atoms with Crippen LogP contribution in [0.5, 0.6) is 5.88 Å². The summed E-state index contributed by atoms with van der Waals surface area (Å²) in [6, 6.07) is 0. The van der Waals surface area contributed by atoms with Gasteiger partial charge in [-0.25, -0.2) is 4.98 Å². The second-order valence-electron chi connectivity index (χ2n) is 6.24. The SMILES string of the molecule is CCCCCCOc1nc(C(C)(C)C)nc(NC)c1C. The predicted molar refractivity (Wildman–Crippen MR) is 84.7 cm³/mol. The fourth-order valence-electron chi connectivity index (χ4n) is 1.91. The van der Waals surface area contributed by atoms with Crippen LogP contribution >= 0.6 is 0 Å². The molecule has 0 aliphatic rings. The van der Waals surface area contributed by atoms with Crippen LogP contribution in [0, 0.1) is 6.92 Å². The number of unbranched alkanes of at least 4 members (excludes halogenated alkanes) is 3. The van der Waals surface area contributed by atoms with Gasteiger partial charge in [-0.3, -0.25) is 0 Å². The van der Waals surface area contributed by atoms with Gasteiger partial charge in [-0.05, 0) is 13.3 Å². The maximum absolute atomic E-state index is 5.87. The van der Waals surface area contributed by atoms with Crippen molar-refractivity contribution >= 4 is 5.82 Å². The van der Waals surface area contributed by atoms with E-state index in [1.54, 1.807) is 0 Å². The first-order chi connectivity index (χ1) is 9.40. The van der Waals surface area contributed by atoms with Crippen LogP contribution in [0.25, 0.3) is 0 Å². The molecule has 20 heavy (non-hydrogen) atoms. The number of ether oxygens (including phenoxy) is 1. The van der Waals surface area contributed by atoms with Crippen LogP contribution in [0.1, 0.15) is 64.8 Å². The van der Waals surface area contributed by atoms with Gasteiger partial charge in [0, 0.05) is 12.5 Å². The van der Waals surface area contributed by atoms with E-state index in [4.69, 9.17) is 4.74 Å². The maximum atomic E-state index is 5.87. The first kappa shape index (κ1) is 16.7. The van der Waals surface area contributed by atoms with Crippen molar-refractivity contribution in [3.63, 3.8) is 0 Å². The smallest absolute Gasteiger partial charge is 0.221 e. The van der Waals surface area contributed by atoms with Crippen LogP contribution in [0.4, 0.5) is 5.82 Å². The summed E-state index contributed by atoms with van der Waals surface area (Å²) < 4.78 is 5.87. The number of anilines is 1. The number of hydrogen-bond acceptors (Lipinski definition) is 4. The Morgan fingerprint density at radius 2 is 1.80 bits per heavy atom. The Kier molecular flexibility index (Phi) is 6.24. The average molecular weight is 279 g/mol. The lowest BCUT2D eigenvalue weighted by Crippen LogP contribution is -2.18. The summed E-state index contributed by atoms with van der Waals surface area (Å²) in [6.45, 7) is 11.3. The second-order valence-corrected chi connectivity index (χ2v) is 6.24. The molecule has 1 N–H and O–H groups in total. The molecular weight excluding hydrogens is 250 g/mol. The van der Waals surface area contributed by atoms with Crippen molar-refractivity contribution in [1.82, 2.24) is 9.97 Å². The standard InChI is InChI=1S/C16H29N3O/c1-7-8-9-10-11-20-14-12(2)13(17-6)18-15(19-14)16(3,4)5/h7-11H2,1-6H3,(H,17,18,19). The zero-order valence-corrected chi connectivity index (χ0v) is 13.8. The maximum Gasteiger partial charge on any atom is 0.221 e. The highest BCUT2D eigenvalue weighted by Crippen LogP contribution is 2.27. The van der Waals surface area contributed by atoms with E-state index < -0.39 is 0 Å². The Morgan fingerprint density at radius 1 is 1.10 bits per heavy atom. The van der Waals surface area contributed by atoms with Gasteiger partial charge in [-0.1, -0.05) is 47.0 Å². The molecule has 0 amide bonds. The van der Waals surface area contributed by atoms with Crippen molar-refractivity contribution in [1.29, 1.82) is 0 Å². The minimum atomic E-state index is -0.0837. The summed E-state index contributed by atoms with van der Waals surface area (Å²) in [5, 5.41) is 3.13. The van der Waals surface area contributed by atoms with Gasteiger partial charge in [0.05, 0.1) is 12.2 Å². The van der Waals surface area contributed by atoms with Crippen molar-refractivity contribution in [3.05, 3.63) is 11.4 Å². The molecule has 0 unspecified atom stereocenters. The Bertz CT molecular complexity index is 424. The third kappa shape index (κ3) is 4.66. The Hall–Kier alpha value is -1.32. The lowest BCUT2D eigenvalue weighted by atomic mass is 9.95. The summed E-state index contributed by atoms with van der Waals surface area (Å²) in [5.41, 5.74) is 0.899. The molecule has 0 aliphatic carbocycles. The van der Waals surface area contributed by atoms with Gasteiger partial charge in [0.2, 0.25) is 5.88 Å². The largest absolute Gasteiger partial charge is 0.477 e.